The van der Waals surface area contributed by atoms with Gasteiger partial charge in [0.2, 0.25) is 0 Å². The molecule has 0 saturated carbocycles. The summed E-state index contributed by atoms with van der Waals surface area (Å²) in [5.74, 6) is -2.38. The summed E-state index contributed by atoms with van der Waals surface area (Å²) >= 11 is 0. The van der Waals surface area contributed by atoms with Gasteiger partial charge in [-0.1, -0.05) is 6.07 Å². The molecule has 2 heterocycles. The number of hydrogen-bond donors (Lipinski definition) is 1. The van der Waals surface area contributed by atoms with Crippen molar-refractivity contribution in [1.29, 1.82) is 0 Å². The zero-order valence-corrected chi connectivity index (χ0v) is 19.2. The maximum atomic E-state index is 13.2. The second-order valence-corrected chi connectivity index (χ2v) is 7.91. The van der Waals surface area contributed by atoms with Crippen LogP contribution in [0.25, 0.3) is 5.76 Å². The monoisotopic (exact) mass is 498 g/mol. The molecule has 36 heavy (non-hydrogen) atoms. The summed E-state index contributed by atoms with van der Waals surface area (Å²) in [5.41, 5.74) is 1.18. The van der Waals surface area contributed by atoms with Crippen molar-refractivity contribution in [3.8, 4) is 11.5 Å². The third-order valence-corrected chi connectivity index (χ3v) is 5.54. The summed E-state index contributed by atoms with van der Waals surface area (Å²) in [4.78, 5) is 31.3. The lowest BCUT2D eigenvalue weighted by molar-refractivity contribution is -0.274. The number of carbonyl (C=O) groups excluding carboxylic acids is 2. The van der Waals surface area contributed by atoms with Crippen molar-refractivity contribution in [2.45, 2.75) is 26.3 Å². The van der Waals surface area contributed by atoms with E-state index >= 15 is 0 Å². The number of halogens is 3. The number of amides is 1. The van der Waals surface area contributed by atoms with Crippen LogP contribution in [0.3, 0.4) is 0 Å². The van der Waals surface area contributed by atoms with Gasteiger partial charge in [-0.3, -0.25) is 19.5 Å². The van der Waals surface area contributed by atoms with E-state index in [0.717, 1.165) is 17.0 Å². The van der Waals surface area contributed by atoms with E-state index in [1.54, 1.807) is 37.3 Å². The Hall–Kier alpha value is -4.34. The predicted octanol–water partition coefficient (Wildman–Crippen LogP) is 5.31. The SMILES string of the molecule is CCOc1ccc(/C(O)=C2\C(=O)C(=O)N(c3cccc(OC(F)(F)F)c3)C2c2ccncc2)cc1C. The Labute approximate surface area is 204 Å². The molecule has 0 radical (unpaired) electrons. The van der Waals surface area contributed by atoms with Crippen LogP contribution < -0.4 is 14.4 Å². The number of nitrogens with zero attached hydrogens (tertiary/aromatic N) is 2. The lowest BCUT2D eigenvalue weighted by Crippen LogP contribution is -2.29. The first-order chi connectivity index (χ1) is 17.1. The van der Waals surface area contributed by atoms with E-state index in [0.29, 0.717) is 23.5 Å². The first kappa shape index (κ1) is 24.8. The quantitative estimate of drug-likeness (QED) is 0.281. The van der Waals surface area contributed by atoms with Gasteiger partial charge in [0.05, 0.1) is 18.2 Å². The molecule has 1 aliphatic rings. The standard InChI is InChI=1S/C26H21F3N2O5/c1-3-35-20-8-7-17(13-15(20)2)23(32)21-22(16-9-11-30-12-10-16)31(25(34)24(21)33)18-5-4-6-19(14-18)36-26(27,28)29/h4-14,22,32H,3H2,1-2H3/b23-21+. The lowest BCUT2D eigenvalue weighted by atomic mass is 9.95. The van der Waals surface area contributed by atoms with Crippen molar-refractivity contribution in [1.82, 2.24) is 4.98 Å². The van der Waals surface area contributed by atoms with Gasteiger partial charge in [-0.15, -0.1) is 13.2 Å². The second kappa shape index (κ2) is 9.73. The number of ketones is 1. The molecule has 10 heteroatoms. The van der Waals surface area contributed by atoms with Crippen LogP contribution in [0, 0.1) is 6.92 Å². The van der Waals surface area contributed by atoms with Crippen LogP contribution in [-0.4, -0.2) is 34.8 Å². The molecule has 0 bridgehead atoms. The molecule has 2 aromatic carbocycles. The highest BCUT2D eigenvalue weighted by Gasteiger charge is 2.47. The number of aryl methyl sites for hydroxylation is 1. The molecule has 1 aliphatic heterocycles. The molecule has 7 nitrogen and oxygen atoms in total. The van der Waals surface area contributed by atoms with Gasteiger partial charge in [0.1, 0.15) is 17.3 Å². The van der Waals surface area contributed by atoms with Crippen LogP contribution in [-0.2, 0) is 9.59 Å². The minimum atomic E-state index is -4.94. The maximum Gasteiger partial charge on any atom is 0.573 e. The molecule has 1 N–H and O–H groups in total. The molecule has 1 amide bonds. The number of ether oxygens (including phenoxy) is 2. The van der Waals surface area contributed by atoms with Crippen molar-refractivity contribution < 1.29 is 37.3 Å². The molecule has 3 aromatic rings. The highest BCUT2D eigenvalue weighted by Crippen LogP contribution is 2.43. The van der Waals surface area contributed by atoms with E-state index in [1.807, 2.05) is 6.92 Å². The van der Waals surface area contributed by atoms with E-state index in [4.69, 9.17) is 4.74 Å². The number of aromatic nitrogens is 1. The van der Waals surface area contributed by atoms with Crippen molar-refractivity contribution in [2.24, 2.45) is 0 Å². The predicted molar refractivity (Wildman–Crippen MR) is 124 cm³/mol. The smallest absolute Gasteiger partial charge is 0.507 e. The molecule has 1 saturated heterocycles. The summed E-state index contributed by atoms with van der Waals surface area (Å²) < 4.78 is 47.9. The van der Waals surface area contributed by atoms with Crippen molar-refractivity contribution in [2.75, 3.05) is 11.5 Å². The van der Waals surface area contributed by atoms with Crippen molar-refractivity contribution in [3.05, 3.63) is 89.3 Å². The highest BCUT2D eigenvalue weighted by molar-refractivity contribution is 6.51. The number of aliphatic hydroxyl groups is 1. The number of anilines is 1. The topological polar surface area (TPSA) is 89.0 Å². The molecule has 1 unspecified atom stereocenters. The number of alkyl halides is 3. The molecule has 0 aliphatic carbocycles. The van der Waals surface area contributed by atoms with Crippen LogP contribution in [0.2, 0.25) is 0 Å². The average Bonchev–Trinajstić information content (AvgIpc) is 3.10. The number of Topliss-reactive ketones (excluding diaryl/α,β-unsaturated/α-hetero) is 1. The van der Waals surface area contributed by atoms with Crippen molar-refractivity contribution in [3.63, 3.8) is 0 Å². The number of aliphatic hydroxyl groups excluding tert-OH is 1. The third-order valence-electron chi connectivity index (χ3n) is 5.54. The third kappa shape index (κ3) is 4.88. The van der Waals surface area contributed by atoms with Crippen LogP contribution in [0.4, 0.5) is 18.9 Å². The first-order valence-corrected chi connectivity index (χ1v) is 10.9. The second-order valence-electron chi connectivity index (χ2n) is 7.91. The van der Waals surface area contributed by atoms with Gasteiger partial charge >= 0.3 is 6.36 Å². The number of rotatable bonds is 6. The number of carbonyl (C=O) groups is 2. The molecular weight excluding hydrogens is 477 g/mol. The molecular formula is C26H21F3N2O5. The molecule has 4 rings (SSSR count). The van der Waals surface area contributed by atoms with Gasteiger partial charge in [0.15, 0.2) is 0 Å². The minimum absolute atomic E-state index is 0.0115. The van der Waals surface area contributed by atoms with Gasteiger partial charge in [0.25, 0.3) is 11.7 Å². The number of pyridine rings is 1. The lowest BCUT2D eigenvalue weighted by Gasteiger charge is -2.25. The Morgan fingerprint density at radius 1 is 1.08 bits per heavy atom. The van der Waals surface area contributed by atoms with E-state index in [2.05, 4.69) is 9.72 Å². The fraction of sp³-hybridized carbons (Fsp3) is 0.192. The number of hydrogen-bond acceptors (Lipinski definition) is 6. The molecule has 1 atom stereocenters. The Morgan fingerprint density at radius 3 is 2.44 bits per heavy atom. The molecule has 1 fully saturated rings. The van der Waals surface area contributed by atoms with E-state index in [-0.39, 0.29) is 16.8 Å². The Morgan fingerprint density at radius 2 is 1.81 bits per heavy atom. The normalized spacial score (nSPS) is 17.4. The molecule has 1 aromatic heterocycles. The Kier molecular flexibility index (Phi) is 6.69. The number of benzene rings is 2. The van der Waals surface area contributed by atoms with Crippen molar-refractivity contribution >= 4 is 23.1 Å². The summed E-state index contributed by atoms with van der Waals surface area (Å²) in [6.07, 6.45) is -2.05. The van der Waals surface area contributed by atoms with E-state index < -0.39 is 35.6 Å². The van der Waals surface area contributed by atoms with E-state index in [1.165, 1.54) is 24.5 Å². The van der Waals surface area contributed by atoms with E-state index in [9.17, 15) is 27.9 Å². The largest absolute Gasteiger partial charge is 0.573 e. The highest BCUT2D eigenvalue weighted by atomic mass is 19.4. The van der Waals surface area contributed by atoms with Gasteiger partial charge in [-0.2, -0.15) is 0 Å². The molecule has 0 spiro atoms. The summed E-state index contributed by atoms with van der Waals surface area (Å²) in [7, 11) is 0. The minimum Gasteiger partial charge on any atom is -0.507 e. The van der Waals surface area contributed by atoms with Crippen LogP contribution in [0.5, 0.6) is 11.5 Å². The van der Waals surface area contributed by atoms with Crippen LogP contribution in [0.1, 0.15) is 29.7 Å². The average molecular weight is 498 g/mol. The molecule has 186 valence electrons. The van der Waals surface area contributed by atoms with Crippen LogP contribution >= 0.6 is 0 Å². The van der Waals surface area contributed by atoms with Gasteiger partial charge < -0.3 is 14.6 Å². The Bertz CT molecular complexity index is 1340. The van der Waals surface area contributed by atoms with Gasteiger partial charge in [-0.05, 0) is 67.4 Å². The van der Waals surface area contributed by atoms with Gasteiger partial charge in [0, 0.05) is 29.7 Å². The van der Waals surface area contributed by atoms with Crippen LogP contribution in [0.15, 0.2) is 72.6 Å². The summed E-state index contributed by atoms with van der Waals surface area (Å²) in [6, 6.07) is 11.5. The summed E-state index contributed by atoms with van der Waals surface area (Å²) in [5, 5.41) is 11.2. The fourth-order valence-corrected chi connectivity index (χ4v) is 4.06. The zero-order chi connectivity index (χ0) is 26.0. The van der Waals surface area contributed by atoms with Gasteiger partial charge in [-0.25, -0.2) is 0 Å². The fourth-order valence-electron chi connectivity index (χ4n) is 4.06. The summed E-state index contributed by atoms with van der Waals surface area (Å²) in [6.45, 7) is 4.04. The zero-order valence-electron chi connectivity index (χ0n) is 19.2. The Balaban J connectivity index is 1.87. The first-order valence-electron chi connectivity index (χ1n) is 10.9. The maximum absolute atomic E-state index is 13.2.